The maximum absolute atomic E-state index is 5.24. The fourth-order valence-corrected chi connectivity index (χ4v) is 8.86. The van der Waals surface area contributed by atoms with Crippen LogP contribution in [0.1, 0.15) is 0 Å². The van der Waals surface area contributed by atoms with Crippen molar-refractivity contribution >= 4 is 21.5 Å². The third kappa shape index (κ3) is 6.82. The molecule has 0 atom stereocenters. The van der Waals surface area contributed by atoms with Crippen LogP contribution in [0.15, 0.2) is 237 Å². The number of nitrogens with zero attached hydrogens (tertiary/aromatic N) is 3. The minimum Gasteiger partial charge on any atom is -0.208 e. The molecule has 0 amide bonds. The van der Waals surface area contributed by atoms with Gasteiger partial charge in [-0.2, -0.15) is 0 Å². The van der Waals surface area contributed by atoms with Gasteiger partial charge in [0.1, 0.15) is 0 Å². The predicted molar refractivity (Wildman–Crippen MR) is 258 cm³/mol. The van der Waals surface area contributed by atoms with Crippen molar-refractivity contribution in [2.24, 2.45) is 0 Å². The smallest absolute Gasteiger partial charge is 0.164 e. The van der Waals surface area contributed by atoms with Gasteiger partial charge in [0, 0.05) is 16.7 Å². The number of hydrogen-bond acceptors (Lipinski definition) is 3. The Hall–Kier alpha value is -8.27. The van der Waals surface area contributed by atoms with Gasteiger partial charge in [0.05, 0.1) is 0 Å². The van der Waals surface area contributed by atoms with E-state index in [4.69, 9.17) is 15.0 Å². The van der Waals surface area contributed by atoms with Gasteiger partial charge in [0.2, 0.25) is 0 Å². The molecule has 3 heteroatoms. The maximum atomic E-state index is 5.24. The topological polar surface area (TPSA) is 38.7 Å². The van der Waals surface area contributed by atoms with E-state index < -0.39 is 0 Å². The van der Waals surface area contributed by atoms with E-state index >= 15 is 0 Å². The van der Waals surface area contributed by atoms with Gasteiger partial charge < -0.3 is 0 Å². The fraction of sp³-hybridized carbons (Fsp3) is 0. The fourth-order valence-electron chi connectivity index (χ4n) is 8.86. The second-order valence-corrected chi connectivity index (χ2v) is 15.5. The van der Waals surface area contributed by atoms with Crippen molar-refractivity contribution in [1.29, 1.82) is 0 Å². The van der Waals surface area contributed by atoms with Crippen LogP contribution in [0.4, 0.5) is 0 Å². The SMILES string of the molecule is c1ccc(-c2ccc(-c3ccccc3-c3c4ccccc4c(-c4cccc(-c5nc(-c6ccccc6)nc(-c6ccccc6-c6ccccc6)n5)c4)c4ccccc34)cc2)cc1. The molecule has 0 saturated heterocycles. The van der Waals surface area contributed by atoms with Crippen molar-refractivity contribution in [2.45, 2.75) is 0 Å². The first-order valence-corrected chi connectivity index (χ1v) is 21.0. The summed E-state index contributed by atoms with van der Waals surface area (Å²) in [6, 6.07) is 83.7. The van der Waals surface area contributed by atoms with Gasteiger partial charge in [0.15, 0.2) is 17.5 Å². The summed E-state index contributed by atoms with van der Waals surface area (Å²) < 4.78 is 0. The molecule has 0 unspecified atom stereocenters. The molecule has 0 aliphatic heterocycles. The highest BCUT2D eigenvalue weighted by Gasteiger charge is 2.21. The summed E-state index contributed by atoms with van der Waals surface area (Å²) in [5.74, 6) is 1.89. The summed E-state index contributed by atoms with van der Waals surface area (Å²) in [5, 5.41) is 4.77. The first kappa shape index (κ1) is 36.8. The standard InChI is InChI=1S/C59H39N3/c1-4-19-40(20-5-1)41-35-37-43(38-36-41)47-27-10-12-29-49(47)56-52-32-15-13-30-50(52)55(51-31-14-16-33-53(51)56)45-25-18-26-46(39-45)58-60-57(44-23-8-3-9-24-44)61-59(62-58)54-34-17-11-28-48(54)42-21-6-2-7-22-42/h1-39H. The number of benzene rings is 10. The third-order valence-corrected chi connectivity index (χ3v) is 11.8. The lowest BCUT2D eigenvalue weighted by Gasteiger charge is -2.20. The summed E-state index contributed by atoms with van der Waals surface area (Å²) in [5.41, 5.74) is 14.5. The molecule has 1 heterocycles. The van der Waals surface area contributed by atoms with Gasteiger partial charge in [-0.1, -0.05) is 231 Å². The van der Waals surface area contributed by atoms with Gasteiger partial charge in [-0.3, -0.25) is 0 Å². The molecule has 11 rings (SSSR count). The zero-order chi connectivity index (χ0) is 41.2. The molecule has 3 nitrogen and oxygen atoms in total. The summed E-state index contributed by atoms with van der Waals surface area (Å²) in [4.78, 5) is 15.5. The Morgan fingerprint density at radius 3 is 1.15 bits per heavy atom. The van der Waals surface area contributed by atoms with Crippen LogP contribution >= 0.6 is 0 Å². The lowest BCUT2D eigenvalue weighted by atomic mass is 9.83. The van der Waals surface area contributed by atoms with E-state index in [-0.39, 0.29) is 0 Å². The highest BCUT2D eigenvalue weighted by Crippen LogP contribution is 2.46. The molecule has 0 saturated carbocycles. The average Bonchev–Trinajstić information content (AvgIpc) is 3.36. The first-order chi connectivity index (χ1) is 30.8. The molecule has 10 aromatic carbocycles. The quantitative estimate of drug-likeness (QED) is 0.144. The Bertz CT molecular complexity index is 3320. The molecule has 290 valence electrons. The molecule has 62 heavy (non-hydrogen) atoms. The van der Waals surface area contributed by atoms with Crippen LogP contribution < -0.4 is 0 Å². The van der Waals surface area contributed by atoms with Crippen molar-refractivity contribution in [3.63, 3.8) is 0 Å². The predicted octanol–water partition coefficient (Wildman–Crippen LogP) is 15.5. The molecule has 0 bridgehead atoms. The highest BCUT2D eigenvalue weighted by molar-refractivity contribution is 6.22. The highest BCUT2D eigenvalue weighted by atomic mass is 15.0. The van der Waals surface area contributed by atoms with Gasteiger partial charge in [-0.15, -0.1) is 0 Å². The molecule has 0 fully saturated rings. The normalized spacial score (nSPS) is 11.2. The van der Waals surface area contributed by atoms with E-state index in [0.717, 1.165) is 33.4 Å². The average molecular weight is 790 g/mol. The van der Waals surface area contributed by atoms with E-state index in [1.165, 1.54) is 60.5 Å². The first-order valence-electron chi connectivity index (χ1n) is 21.0. The molecule has 0 aliphatic rings. The summed E-state index contributed by atoms with van der Waals surface area (Å²) >= 11 is 0. The minimum absolute atomic E-state index is 0.621. The van der Waals surface area contributed by atoms with Crippen molar-refractivity contribution < 1.29 is 0 Å². The van der Waals surface area contributed by atoms with Gasteiger partial charge in [-0.25, -0.2) is 15.0 Å². The summed E-state index contributed by atoms with van der Waals surface area (Å²) in [7, 11) is 0. The van der Waals surface area contributed by atoms with Gasteiger partial charge in [-0.05, 0) is 83.2 Å². The molecule has 0 N–H and O–H groups in total. The van der Waals surface area contributed by atoms with Crippen LogP contribution in [0.5, 0.6) is 0 Å². The molecule has 0 radical (unpaired) electrons. The zero-order valence-corrected chi connectivity index (χ0v) is 33.9. The van der Waals surface area contributed by atoms with Crippen LogP contribution in [0, 0.1) is 0 Å². The Labute approximate surface area is 361 Å². The molecular formula is C59H39N3. The monoisotopic (exact) mass is 789 g/mol. The summed E-state index contributed by atoms with van der Waals surface area (Å²) in [6.07, 6.45) is 0. The molecule has 11 aromatic rings. The van der Waals surface area contributed by atoms with Crippen molar-refractivity contribution in [2.75, 3.05) is 0 Å². The van der Waals surface area contributed by atoms with E-state index in [1.807, 2.05) is 30.3 Å². The van der Waals surface area contributed by atoms with E-state index in [2.05, 4.69) is 206 Å². The Morgan fingerprint density at radius 1 is 0.194 bits per heavy atom. The Morgan fingerprint density at radius 2 is 0.548 bits per heavy atom. The van der Waals surface area contributed by atoms with Crippen LogP contribution in [0.2, 0.25) is 0 Å². The summed E-state index contributed by atoms with van der Waals surface area (Å²) in [6.45, 7) is 0. The Balaban J connectivity index is 1.08. The minimum atomic E-state index is 0.621. The van der Waals surface area contributed by atoms with E-state index in [9.17, 15) is 0 Å². The maximum Gasteiger partial charge on any atom is 0.164 e. The van der Waals surface area contributed by atoms with Gasteiger partial charge in [0.25, 0.3) is 0 Å². The van der Waals surface area contributed by atoms with Gasteiger partial charge >= 0.3 is 0 Å². The van der Waals surface area contributed by atoms with Crippen molar-refractivity contribution in [3.8, 4) is 89.8 Å². The number of rotatable bonds is 8. The van der Waals surface area contributed by atoms with Crippen LogP contribution in [-0.2, 0) is 0 Å². The second kappa shape index (κ2) is 16.1. The van der Waals surface area contributed by atoms with Crippen LogP contribution in [-0.4, -0.2) is 15.0 Å². The molecule has 0 aliphatic carbocycles. The molecule has 1 aromatic heterocycles. The van der Waals surface area contributed by atoms with Crippen molar-refractivity contribution in [3.05, 3.63) is 237 Å². The second-order valence-electron chi connectivity index (χ2n) is 15.5. The number of hydrogen-bond donors (Lipinski definition) is 0. The lowest BCUT2D eigenvalue weighted by molar-refractivity contribution is 1.07. The van der Waals surface area contributed by atoms with E-state index in [1.54, 1.807) is 0 Å². The lowest BCUT2D eigenvalue weighted by Crippen LogP contribution is -2.01. The van der Waals surface area contributed by atoms with Crippen LogP contribution in [0.25, 0.3) is 111 Å². The largest absolute Gasteiger partial charge is 0.208 e. The third-order valence-electron chi connectivity index (χ3n) is 11.8. The zero-order valence-electron chi connectivity index (χ0n) is 33.9. The molecular weight excluding hydrogens is 751 g/mol. The number of aromatic nitrogens is 3. The number of fused-ring (bicyclic) bond motifs is 2. The Kier molecular flexibility index (Phi) is 9.53. The van der Waals surface area contributed by atoms with E-state index in [0.29, 0.717) is 17.5 Å². The van der Waals surface area contributed by atoms with Crippen molar-refractivity contribution in [1.82, 2.24) is 15.0 Å². The molecule has 0 spiro atoms. The van der Waals surface area contributed by atoms with Crippen LogP contribution in [0.3, 0.4) is 0 Å².